The van der Waals surface area contributed by atoms with Crippen LogP contribution < -0.4 is 5.32 Å². The van der Waals surface area contributed by atoms with Crippen molar-refractivity contribution in [3.05, 3.63) is 41.5 Å². The van der Waals surface area contributed by atoms with E-state index in [1.165, 1.54) is 16.8 Å². The van der Waals surface area contributed by atoms with Crippen LogP contribution in [0.4, 0.5) is 4.39 Å². The third-order valence-electron chi connectivity index (χ3n) is 3.01. The van der Waals surface area contributed by atoms with Crippen LogP contribution in [0.5, 0.6) is 0 Å². The highest BCUT2D eigenvalue weighted by Gasteiger charge is 2.23. The lowest BCUT2D eigenvalue weighted by molar-refractivity contribution is -0.124. The van der Waals surface area contributed by atoms with Crippen molar-refractivity contribution in [1.82, 2.24) is 25.5 Å². The van der Waals surface area contributed by atoms with Gasteiger partial charge in [-0.2, -0.15) is 12.6 Å². The van der Waals surface area contributed by atoms with E-state index in [0.717, 1.165) is 5.56 Å². The van der Waals surface area contributed by atoms with E-state index in [1.807, 2.05) is 0 Å². The number of benzene rings is 1. The summed E-state index contributed by atoms with van der Waals surface area (Å²) in [6.07, 6.45) is 0.380. The first-order valence-electron chi connectivity index (χ1n) is 6.49. The molecule has 2 aromatic rings. The molecule has 0 bridgehead atoms. The van der Waals surface area contributed by atoms with Crippen molar-refractivity contribution in [2.75, 3.05) is 12.3 Å². The Morgan fingerprint density at radius 1 is 1.43 bits per heavy atom. The highest BCUT2D eigenvalue weighted by molar-refractivity contribution is 7.80. The Morgan fingerprint density at radius 3 is 2.71 bits per heavy atom. The van der Waals surface area contributed by atoms with Gasteiger partial charge in [0.25, 0.3) is 0 Å². The monoisotopic (exact) mass is 309 g/mol. The summed E-state index contributed by atoms with van der Waals surface area (Å²) in [6, 6.07) is 5.45. The Labute approximate surface area is 127 Å². The molecule has 112 valence electrons. The summed E-state index contributed by atoms with van der Waals surface area (Å²) in [6.45, 7) is 2.19. The summed E-state index contributed by atoms with van der Waals surface area (Å²) in [4.78, 5) is 12.3. The van der Waals surface area contributed by atoms with Gasteiger partial charge in [0.1, 0.15) is 17.7 Å². The maximum atomic E-state index is 13.0. The summed E-state index contributed by atoms with van der Waals surface area (Å²) in [5.41, 5.74) is 0.831. The third kappa shape index (κ3) is 4.01. The van der Waals surface area contributed by atoms with Crippen molar-refractivity contribution >= 4 is 18.5 Å². The van der Waals surface area contributed by atoms with Gasteiger partial charge in [-0.05, 0) is 35.0 Å². The Bertz CT molecular complexity index is 601. The lowest BCUT2D eigenvalue weighted by Crippen LogP contribution is -2.36. The van der Waals surface area contributed by atoms with Gasteiger partial charge in [0.2, 0.25) is 5.91 Å². The molecule has 0 saturated carbocycles. The zero-order valence-corrected chi connectivity index (χ0v) is 12.4. The number of carbonyl (C=O) groups is 1. The van der Waals surface area contributed by atoms with Crippen molar-refractivity contribution in [3.63, 3.8) is 0 Å². The average Bonchev–Trinajstić information content (AvgIpc) is 2.90. The molecule has 0 spiro atoms. The predicted molar refractivity (Wildman–Crippen MR) is 78.6 cm³/mol. The molecular formula is C13H16FN5OS. The fraction of sp³-hybridized carbons (Fsp3) is 0.385. The van der Waals surface area contributed by atoms with Crippen molar-refractivity contribution in [2.45, 2.75) is 19.4 Å². The van der Waals surface area contributed by atoms with Gasteiger partial charge in [0.05, 0.1) is 0 Å². The molecule has 2 rings (SSSR count). The first-order chi connectivity index (χ1) is 10.1. The molecule has 8 heteroatoms. The summed E-state index contributed by atoms with van der Waals surface area (Å²) < 4.78 is 14.4. The van der Waals surface area contributed by atoms with E-state index in [9.17, 15) is 9.18 Å². The third-order valence-corrected chi connectivity index (χ3v) is 3.23. The van der Waals surface area contributed by atoms with Gasteiger partial charge >= 0.3 is 0 Å². The van der Waals surface area contributed by atoms with Gasteiger partial charge in [0.15, 0.2) is 0 Å². The van der Waals surface area contributed by atoms with Gasteiger partial charge in [-0.3, -0.25) is 4.79 Å². The maximum Gasteiger partial charge on any atom is 0.245 e. The van der Waals surface area contributed by atoms with E-state index in [1.54, 1.807) is 19.1 Å². The van der Waals surface area contributed by atoms with Crippen LogP contribution in [0.1, 0.15) is 17.4 Å². The normalized spacial score (nSPS) is 12.1. The predicted octanol–water partition coefficient (Wildman–Crippen LogP) is 0.950. The molecule has 1 N–H and O–H groups in total. The standard InChI is InChI=1S/C13H16FN5OS/c1-9-16-17-18-19(9)12(13(20)15-6-7-21)8-10-2-4-11(14)5-3-10/h2-5,12,21H,6-8H2,1H3,(H,15,20). The summed E-state index contributed by atoms with van der Waals surface area (Å²) in [5, 5.41) is 14.0. The van der Waals surface area contributed by atoms with Crippen LogP contribution in [0.15, 0.2) is 24.3 Å². The molecule has 1 atom stereocenters. The van der Waals surface area contributed by atoms with Gasteiger partial charge in [-0.25, -0.2) is 9.07 Å². The molecule has 1 heterocycles. The molecule has 1 aromatic carbocycles. The van der Waals surface area contributed by atoms with Crippen molar-refractivity contribution < 1.29 is 9.18 Å². The lowest BCUT2D eigenvalue weighted by atomic mass is 10.1. The fourth-order valence-electron chi connectivity index (χ4n) is 1.96. The number of hydrogen-bond acceptors (Lipinski definition) is 5. The van der Waals surface area contributed by atoms with E-state index in [-0.39, 0.29) is 11.7 Å². The quantitative estimate of drug-likeness (QED) is 0.779. The Kier molecular flexibility index (Phi) is 5.26. The number of nitrogens with zero attached hydrogens (tertiary/aromatic N) is 4. The highest BCUT2D eigenvalue weighted by atomic mass is 32.1. The molecule has 0 fully saturated rings. The molecule has 1 unspecified atom stereocenters. The second kappa shape index (κ2) is 7.16. The number of carbonyl (C=O) groups excluding carboxylic acids is 1. The summed E-state index contributed by atoms with van der Waals surface area (Å²) in [5.74, 6) is 0.587. The number of thiol groups is 1. The first-order valence-corrected chi connectivity index (χ1v) is 7.12. The van der Waals surface area contributed by atoms with E-state index in [4.69, 9.17) is 0 Å². The van der Waals surface area contributed by atoms with E-state index in [2.05, 4.69) is 33.5 Å². The molecule has 1 aromatic heterocycles. The number of aryl methyl sites for hydroxylation is 1. The van der Waals surface area contributed by atoms with Crippen molar-refractivity contribution in [3.8, 4) is 0 Å². The molecular weight excluding hydrogens is 293 g/mol. The Morgan fingerprint density at radius 2 is 2.14 bits per heavy atom. The summed E-state index contributed by atoms with van der Waals surface area (Å²) >= 11 is 4.07. The molecule has 0 aliphatic rings. The fourth-order valence-corrected chi connectivity index (χ4v) is 2.07. The maximum absolute atomic E-state index is 13.0. The van der Waals surface area contributed by atoms with Gasteiger partial charge < -0.3 is 5.32 Å². The van der Waals surface area contributed by atoms with Gasteiger partial charge in [-0.1, -0.05) is 12.1 Å². The molecule has 21 heavy (non-hydrogen) atoms. The van der Waals surface area contributed by atoms with Crippen LogP contribution >= 0.6 is 12.6 Å². The van der Waals surface area contributed by atoms with Crippen molar-refractivity contribution in [2.24, 2.45) is 0 Å². The smallest absolute Gasteiger partial charge is 0.245 e. The topological polar surface area (TPSA) is 72.7 Å². The van der Waals surface area contributed by atoms with Crippen molar-refractivity contribution in [1.29, 1.82) is 0 Å². The minimum absolute atomic E-state index is 0.191. The minimum Gasteiger partial charge on any atom is -0.353 e. The van der Waals surface area contributed by atoms with Crippen LogP contribution in [0, 0.1) is 12.7 Å². The van der Waals surface area contributed by atoms with E-state index in [0.29, 0.717) is 24.5 Å². The lowest BCUT2D eigenvalue weighted by Gasteiger charge is -2.17. The SMILES string of the molecule is Cc1nnnn1C(Cc1ccc(F)cc1)C(=O)NCCS. The molecule has 1 amide bonds. The van der Waals surface area contributed by atoms with Crippen LogP contribution in [0.25, 0.3) is 0 Å². The largest absolute Gasteiger partial charge is 0.353 e. The van der Waals surface area contributed by atoms with E-state index >= 15 is 0 Å². The van der Waals surface area contributed by atoms with Crippen LogP contribution in [-0.4, -0.2) is 38.4 Å². The Balaban J connectivity index is 2.21. The molecule has 6 nitrogen and oxygen atoms in total. The average molecular weight is 309 g/mol. The molecule has 0 radical (unpaired) electrons. The number of nitrogens with one attached hydrogen (secondary N) is 1. The van der Waals surface area contributed by atoms with Crippen LogP contribution in [0.2, 0.25) is 0 Å². The number of aromatic nitrogens is 4. The number of amides is 1. The second-order valence-electron chi connectivity index (χ2n) is 4.53. The highest BCUT2D eigenvalue weighted by Crippen LogP contribution is 2.15. The Hall–Kier alpha value is -1.96. The van der Waals surface area contributed by atoms with Crippen LogP contribution in [0.3, 0.4) is 0 Å². The molecule has 0 aliphatic heterocycles. The zero-order chi connectivity index (χ0) is 15.2. The number of tetrazole rings is 1. The zero-order valence-electron chi connectivity index (χ0n) is 11.5. The minimum atomic E-state index is -0.578. The van der Waals surface area contributed by atoms with E-state index < -0.39 is 6.04 Å². The first kappa shape index (κ1) is 15.4. The second-order valence-corrected chi connectivity index (χ2v) is 4.98. The molecule has 0 aliphatic carbocycles. The number of rotatable bonds is 6. The van der Waals surface area contributed by atoms with Crippen LogP contribution in [-0.2, 0) is 11.2 Å². The number of halogens is 1. The van der Waals surface area contributed by atoms with Gasteiger partial charge in [0, 0.05) is 18.7 Å². The van der Waals surface area contributed by atoms with Gasteiger partial charge in [-0.15, -0.1) is 5.10 Å². The molecule has 0 saturated heterocycles. The number of hydrogen-bond donors (Lipinski definition) is 2. The summed E-state index contributed by atoms with van der Waals surface area (Å²) in [7, 11) is 0.